The second-order valence-electron chi connectivity index (χ2n) is 7.58. The second kappa shape index (κ2) is 10.2. The van der Waals surface area contributed by atoms with Crippen molar-refractivity contribution in [2.24, 2.45) is 4.99 Å². The molecule has 2 N–H and O–H groups in total. The van der Waals surface area contributed by atoms with Gasteiger partial charge in [0.05, 0.1) is 6.54 Å². The third-order valence-electron chi connectivity index (χ3n) is 5.44. The van der Waals surface area contributed by atoms with E-state index in [9.17, 15) is 0 Å². The highest BCUT2D eigenvalue weighted by Crippen LogP contribution is 2.28. The first-order valence-corrected chi connectivity index (χ1v) is 10.8. The van der Waals surface area contributed by atoms with E-state index in [1.165, 1.54) is 5.56 Å². The van der Waals surface area contributed by atoms with Crippen molar-refractivity contribution in [3.05, 3.63) is 48.3 Å². The molecule has 1 aromatic carbocycles. The Hall–Kier alpha value is -2.87. The third kappa shape index (κ3) is 5.38. The maximum Gasteiger partial charge on any atom is 0.225 e. The number of nitrogens with zero attached hydrogens (tertiary/aromatic N) is 5. The summed E-state index contributed by atoms with van der Waals surface area (Å²) in [6.45, 7) is 9.37. The summed E-state index contributed by atoms with van der Waals surface area (Å²) in [7, 11) is 0. The van der Waals surface area contributed by atoms with Gasteiger partial charge < -0.3 is 20.3 Å². The van der Waals surface area contributed by atoms with Gasteiger partial charge in [-0.15, -0.1) is 0 Å². The third-order valence-corrected chi connectivity index (χ3v) is 5.44. The minimum Gasteiger partial charge on any atom is -0.488 e. The van der Waals surface area contributed by atoms with Crippen LogP contribution in [0, 0.1) is 0 Å². The number of guanidine groups is 1. The van der Waals surface area contributed by atoms with Crippen LogP contribution in [-0.2, 0) is 6.42 Å². The molecule has 0 radical (unpaired) electrons. The standard InChI is InChI=1S/C22H31N7O/c1-2-23-21(27-17-19-16-18-6-3-4-7-20(18)30-19)24-10-11-28-12-14-29(15-13-28)22-25-8-5-9-26-22/h3-9,19H,2,10-17H2,1H3,(H2,23,24,27). The number of rotatable bonds is 7. The fourth-order valence-electron chi connectivity index (χ4n) is 3.85. The van der Waals surface area contributed by atoms with Crippen molar-refractivity contribution in [1.82, 2.24) is 25.5 Å². The Labute approximate surface area is 178 Å². The average molecular weight is 410 g/mol. The van der Waals surface area contributed by atoms with E-state index in [2.05, 4.69) is 49.5 Å². The summed E-state index contributed by atoms with van der Waals surface area (Å²) in [5.41, 5.74) is 1.27. The quantitative estimate of drug-likeness (QED) is 0.525. The lowest BCUT2D eigenvalue weighted by molar-refractivity contribution is 0.241. The number of aliphatic imine (C=N–C) groups is 1. The van der Waals surface area contributed by atoms with Crippen LogP contribution in [0.4, 0.5) is 5.95 Å². The number of para-hydroxylation sites is 1. The van der Waals surface area contributed by atoms with Crippen molar-refractivity contribution in [2.75, 3.05) is 57.3 Å². The van der Waals surface area contributed by atoms with Gasteiger partial charge in [0, 0.05) is 64.6 Å². The fourth-order valence-corrected chi connectivity index (χ4v) is 3.85. The maximum atomic E-state index is 6.00. The molecule has 1 atom stereocenters. The largest absolute Gasteiger partial charge is 0.488 e. The molecule has 3 heterocycles. The van der Waals surface area contributed by atoms with Gasteiger partial charge in [0.1, 0.15) is 11.9 Å². The molecule has 0 spiro atoms. The molecule has 2 aliphatic heterocycles. The summed E-state index contributed by atoms with van der Waals surface area (Å²) in [5.74, 6) is 2.68. The lowest BCUT2D eigenvalue weighted by atomic mass is 10.1. The highest BCUT2D eigenvalue weighted by atomic mass is 16.5. The van der Waals surface area contributed by atoms with Gasteiger partial charge in [0.2, 0.25) is 5.95 Å². The summed E-state index contributed by atoms with van der Waals surface area (Å²) < 4.78 is 6.00. The Kier molecular flexibility index (Phi) is 6.97. The van der Waals surface area contributed by atoms with Crippen molar-refractivity contribution in [2.45, 2.75) is 19.4 Å². The van der Waals surface area contributed by atoms with Crippen LogP contribution in [-0.4, -0.2) is 79.3 Å². The highest BCUT2D eigenvalue weighted by Gasteiger charge is 2.22. The summed E-state index contributed by atoms with van der Waals surface area (Å²) in [6.07, 6.45) is 4.64. The number of ether oxygens (including phenoxy) is 1. The van der Waals surface area contributed by atoms with E-state index in [1.54, 1.807) is 12.4 Å². The first kappa shape index (κ1) is 20.4. The number of benzene rings is 1. The molecule has 0 amide bonds. The van der Waals surface area contributed by atoms with Gasteiger partial charge in [-0.3, -0.25) is 4.90 Å². The number of hydrogen-bond acceptors (Lipinski definition) is 6. The van der Waals surface area contributed by atoms with Crippen molar-refractivity contribution in [3.8, 4) is 5.75 Å². The van der Waals surface area contributed by atoms with Gasteiger partial charge in [0.15, 0.2) is 5.96 Å². The summed E-state index contributed by atoms with van der Waals surface area (Å²) in [6, 6.07) is 10.1. The molecule has 2 aliphatic rings. The normalized spacial score (nSPS) is 19.3. The van der Waals surface area contributed by atoms with E-state index in [4.69, 9.17) is 9.73 Å². The first-order valence-electron chi connectivity index (χ1n) is 10.8. The lowest BCUT2D eigenvalue weighted by Gasteiger charge is -2.34. The molecule has 1 saturated heterocycles. The Morgan fingerprint density at radius 2 is 1.90 bits per heavy atom. The molecule has 30 heavy (non-hydrogen) atoms. The van der Waals surface area contributed by atoms with Crippen LogP contribution in [0.5, 0.6) is 5.75 Å². The molecule has 4 rings (SSSR count). The second-order valence-corrected chi connectivity index (χ2v) is 7.58. The number of fused-ring (bicyclic) bond motifs is 1. The SMILES string of the molecule is CCNC(=NCC1Cc2ccccc2O1)NCCN1CCN(c2ncccn2)CC1. The van der Waals surface area contributed by atoms with Gasteiger partial charge in [0.25, 0.3) is 0 Å². The van der Waals surface area contributed by atoms with Crippen molar-refractivity contribution in [3.63, 3.8) is 0 Å². The van der Waals surface area contributed by atoms with Gasteiger partial charge in [-0.25, -0.2) is 15.0 Å². The molecule has 1 unspecified atom stereocenters. The topological polar surface area (TPSA) is 77.9 Å². The molecule has 1 fully saturated rings. The molecule has 8 heteroatoms. The van der Waals surface area contributed by atoms with Crippen LogP contribution < -0.4 is 20.3 Å². The summed E-state index contributed by atoms with van der Waals surface area (Å²) in [4.78, 5) is 18.1. The molecule has 1 aromatic heterocycles. The van der Waals surface area contributed by atoms with E-state index in [1.807, 2.05) is 18.2 Å². The summed E-state index contributed by atoms with van der Waals surface area (Å²) in [5, 5.41) is 6.79. The Balaban J connectivity index is 1.19. The van der Waals surface area contributed by atoms with E-state index < -0.39 is 0 Å². The van der Waals surface area contributed by atoms with Crippen LogP contribution in [0.3, 0.4) is 0 Å². The van der Waals surface area contributed by atoms with Gasteiger partial charge in [-0.05, 0) is 24.6 Å². The molecular weight excluding hydrogens is 378 g/mol. The number of anilines is 1. The maximum absolute atomic E-state index is 6.00. The van der Waals surface area contributed by atoms with Crippen LogP contribution >= 0.6 is 0 Å². The number of aromatic nitrogens is 2. The van der Waals surface area contributed by atoms with Crippen LogP contribution in [0.1, 0.15) is 12.5 Å². The van der Waals surface area contributed by atoms with Gasteiger partial charge >= 0.3 is 0 Å². The molecule has 0 saturated carbocycles. The predicted molar refractivity (Wildman–Crippen MR) is 119 cm³/mol. The van der Waals surface area contributed by atoms with Crippen molar-refractivity contribution in [1.29, 1.82) is 0 Å². The molecule has 0 aliphatic carbocycles. The number of hydrogen-bond donors (Lipinski definition) is 2. The predicted octanol–water partition coefficient (Wildman–Crippen LogP) is 1.16. The average Bonchev–Trinajstić information content (AvgIpc) is 3.22. The molecule has 2 aromatic rings. The Morgan fingerprint density at radius 1 is 1.10 bits per heavy atom. The van der Waals surface area contributed by atoms with E-state index in [-0.39, 0.29) is 6.10 Å². The molecular formula is C22H31N7O. The number of nitrogens with one attached hydrogen (secondary N) is 2. The monoisotopic (exact) mass is 409 g/mol. The smallest absolute Gasteiger partial charge is 0.225 e. The van der Waals surface area contributed by atoms with Crippen molar-refractivity contribution < 1.29 is 4.74 Å². The minimum atomic E-state index is 0.117. The Bertz CT molecular complexity index is 796. The zero-order chi connectivity index (χ0) is 20.6. The zero-order valence-corrected chi connectivity index (χ0v) is 17.6. The van der Waals surface area contributed by atoms with Crippen molar-refractivity contribution >= 4 is 11.9 Å². The fraction of sp³-hybridized carbons (Fsp3) is 0.500. The van der Waals surface area contributed by atoms with Crippen LogP contribution in [0.2, 0.25) is 0 Å². The first-order chi connectivity index (χ1) is 14.8. The molecule has 8 nitrogen and oxygen atoms in total. The molecule has 0 bridgehead atoms. The van der Waals surface area contributed by atoms with Crippen LogP contribution in [0.15, 0.2) is 47.7 Å². The van der Waals surface area contributed by atoms with Gasteiger partial charge in [-0.1, -0.05) is 18.2 Å². The Morgan fingerprint density at radius 3 is 2.67 bits per heavy atom. The highest BCUT2D eigenvalue weighted by molar-refractivity contribution is 5.79. The summed E-state index contributed by atoms with van der Waals surface area (Å²) >= 11 is 0. The number of piperazine rings is 1. The minimum absolute atomic E-state index is 0.117. The lowest BCUT2D eigenvalue weighted by Crippen LogP contribution is -2.49. The van der Waals surface area contributed by atoms with E-state index >= 15 is 0 Å². The van der Waals surface area contributed by atoms with E-state index in [0.717, 1.165) is 69.9 Å². The zero-order valence-electron chi connectivity index (χ0n) is 17.6. The van der Waals surface area contributed by atoms with Crippen LogP contribution in [0.25, 0.3) is 0 Å². The van der Waals surface area contributed by atoms with E-state index in [0.29, 0.717) is 6.54 Å². The van der Waals surface area contributed by atoms with Gasteiger partial charge in [-0.2, -0.15) is 0 Å². The molecule has 160 valence electrons.